The van der Waals surface area contributed by atoms with Gasteiger partial charge in [0, 0.05) is 0 Å². The molecular formula is C5H2F4O. The largest absolute Gasteiger partial charge is 0.458 e. The zero-order chi connectivity index (χ0) is 8.36. The van der Waals surface area contributed by atoms with Crippen LogP contribution in [-0.4, -0.2) is 12.0 Å². The fraction of sp³-hybridized carbons (Fsp3) is 0.200. The average molecular weight is 154 g/mol. The summed E-state index contributed by atoms with van der Waals surface area (Å²) in [6.45, 7) is 2.54. The van der Waals surface area contributed by atoms with Crippen molar-refractivity contribution < 1.29 is 22.4 Å². The summed E-state index contributed by atoms with van der Waals surface area (Å²) in [5.41, 5.74) is 1.20. The number of carbonyl (C=O) groups is 1. The quantitative estimate of drug-likeness (QED) is 0.319. The molecule has 0 amide bonds. The number of ketones is 1. The van der Waals surface area contributed by atoms with Crippen molar-refractivity contribution >= 4 is 5.78 Å². The average Bonchev–Trinajstić information content (AvgIpc) is 1.83. The van der Waals surface area contributed by atoms with Crippen molar-refractivity contribution in [1.82, 2.24) is 0 Å². The first-order valence-electron chi connectivity index (χ1n) is 2.06. The van der Waals surface area contributed by atoms with Crippen molar-refractivity contribution in [1.29, 1.82) is 0 Å². The van der Waals surface area contributed by atoms with Crippen LogP contribution >= 0.6 is 0 Å². The van der Waals surface area contributed by atoms with E-state index in [1.165, 1.54) is 5.73 Å². The number of halogens is 4. The fourth-order valence-corrected chi connectivity index (χ4v) is 0.205. The van der Waals surface area contributed by atoms with Gasteiger partial charge in [-0.2, -0.15) is 17.6 Å². The summed E-state index contributed by atoms with van der Waals surface area (Å²) in [6, 6.07) is 0. The van der Waals surface area contributed by atoms with Crippen molar-refractivity contribution in [3.63, 3.8) is 0 Å². The highest BCUT2D eigenvalue weighted by atomic mass is 19.4. The molecule has 0 atom stereocenters. The molecule has 0 fully saturated rings. The Kier molecular flexibility index (Phi) is 2.37. The third kappa shape index (κ3) is 2.03. The Labute approximate surface area is 53.6 Å². The van der Waals surface area contributed by atoms with Crippen LogP contribution in [0.3, 0.4) is 0 Å². The lowest BCUT2D eigenvalue weighted by Crippen LogP contribution is -2.22. The van der Waals surface area contributed by atoms with Crippen LogP contribution in [0.4, 0.5) is 17.6 Å². The second-order valence-corrected chi connectivity index (χ2v) is 1.32. The van der Waals surface area contributed by atoms with Gasteiger partial charge in [0.25, 0.3) is 0 Å². The molecule has 0 N–H and O–H groups in total. The van der Waals surface area contributed by atoms with Crippen molar-refractivity contribution in [3.8, 4) is 0 Å². The van der Waals surface area contributed by atoms with Crippen molar-refractivity contribution in [2.45, 2.75) is 6.18 Å². The van der Waals surface area contributed by atoms with Crippen LogP contribution in [0.2, 0.25) is 0 Å². The van der Waals surface area contributed by atoms with Crippen molar-refractivity contribution in [2.24, 2.45) is 0 Å². The van der Waals surface area contributed by atoms with Gasteiger partial charge in [0.15, 0.2) is 0 Å². The van der Waals surface area contributed by atoms with Gasteiger partial charge in [-0.1, -0.05) is 12.3 Å². The summed E-state index contributed by atoms with van der Waals surface area (Å²) in [5.74, 6) is -4.56. The highest BCUT2D eigenvalue weighted by Crippen LogP contribution is 2.20. The van der Waals surface area contributed by atoms with Gasteiger partial charge in [0.1, 0.15) is 0 Å². The van der Waals surface area contributed by atoms with Gasteiger partial charge in [-0.25, -0.2) is 0 Å². The summed E-state index contributed by atoms with van der Waals surface area (Å²) in [7, 11) is 0. The zero-order valence-corrected chi connectivity index (χ0v) is 4.63. The summed E-state index contributed by atoms with van der Waals surface area (Å²) >= 11 is 0. The topological polar surface area (TPSA) is 17.1 Å². The second-order valence-electron chi connectivity index (χ2n) is 1.32. The lowest BCUT2D eigenvalue weighted by atomic mass is 10.3. The Morgan fingerprint density at radius 2 is 1.80 bits per heavy atom. The van der Waals surface area contributed by atoms with E-state index < -0.39 is 17.8 Å². The first-order valence-corrected chi connectivity index (χ1v) is 2.06. The molecule has 0 saturated heterocycles. The van der Waals surface area contributed by atoms with E-state index in [1.807, 2.05) is 0 Å². The molecule has 0 spiro atoms. The number of hydrogen-bond donors (Lipinski definition) is 0. The molecule has 0 heterocycles. The maximum Gasteiger partial charge on any atom is 0.458 e. The molecule has 5 heteroatoms. The molecule has 0 saturated carbocycles. The summed E-state index contributed by atoms with van der Waals surface area (Å²) in [4.78, 5) is 9.76. The molecule has 0 radical (unpaired) electrons. The number of hydrogen-bond acceptors (Lipinski definition) is 1. The van der Waals surface area contributed by atoms with Gasteiger partial charge >= 0.3 is 12.0 Å². The van der Waals surface area contributed by atoms with Crippen molar-refractivity contribution in [3.05, 3.63) is 18.1 Å². The van der Waals surface area contributed by atoms with Gasteiger partial charge in [0.2, 0.25) is 5.83 Å². The van der Waals surface area contributed by atoms with E-state index in [1.54, 1.807) is 0 Å². The molecule has 0 aromatic rings. The molecule has 1 nitrogen and oxygen atoms in total. The fourth-order valence-electron chi connectivity index (χ4n) is 0.205. The predicted molar refractivity (Wildman–Crippen MR) is 24.8 cm³/mol. The predicted octanol–water partition coefficient (Wildman–Crippen LogP) is 1.76. The Morgan fingerprint density at radius 3 is 1.90 bits per heavy atom. The minimum absolute atomic E-state index is 1.20. The molecule has 0 aliphatic carbocycles. The molecule has 10 heavy (non-hydrogen) atoms. The van der Waals surface area contributed by atoms with Crippen LogP contribution in [0.1, 0.15) is 0 Å². The zero-order valence-electron chi connectivity index (χ0n) is 4.63. The smallest absolute Gasteiger partial charge is 0.281 e. The standard InChI is InChI=1S/C5H2F4O/c1-2-3(6)4(10)5(7,8)9/h1H2. The first kappa shape index (κ1) is 8.91. The van der Waals surface area contributed by atoms with Gasteiger partial charge in [-0.3, -0.25) is 4.79 Å². The van der Waals surface area contributed by atoms with Gasteiger partial charge in [-0.05, 0) is 0 Å². The highest BCUT2D eigenvalue weighted by Gasteiger charge is 2.41. The second kappa shape index (κ2) is 2.66. The van der Waals surface area contributed by atoms with Crippen LogP contribution in [-0.2, 0) is 4.79 Å². The maximum atomic E-state index is 11.7. The summed E-state index contributed by atoms with van der Waals surface area (Å²) in [6.07, 6.45) is -5.17. The molecular weight excluding hydrogens is 152 g/mol. The normalized spacial score (nSPS) is 10.4. The summed E-state index contributed by atoms with van der Waals surface area (Å²) in [5, 5.41) is 0. The SMILES string of the molecule is C=C=C(F)C(=O)C(F)(F)F. The Morgan fingerprint density at radius 1 is 1.40 bits per heavy atom. The number of rotatable bonds is 1. The minimum atomic E-state index is -5.17. The van der Waals surface area contributed by atoms with Gasteiger partial charge in [0.05, 0.1) is 0 Å². The van der Waals surface area contributed by atoms with Crippen molar-refractivity contribution in [2.75, 3.05) is 0 Å². The minimum Gasteiger partial charge on any atom is -0.281 e. The lowest BCUT2D eigenvalue weighted by molar-refractivity contribution is -0.168. The molecule has 0 aliphatic rings. The van der Waals surface area contributed by atoms with Crippen LogP contribution in [0, 0.1) is 0 Å². The van der Waals surface area contributed by atoms with E-state index in [9.17, 15) is 22.4 Å². The number of allylic oxidation sites excluding steroid dienone is 1. The lowest BCUT2D eigenvalue weighted by Gasteiger charge is -1.99. The number of carbonyl (C=O) groups excluding carboxylic acids is 1. The Balaban J connectivity index is 4.55. The van der Waals surface area contributed by atoms with E-state index in [0.29, 0.717) is 0 Å². The van der Waals surface area contributed by atoms with Crippen LogP contribution in [0.5, 0.6) is 0 Å². The molecule has 0 bridgehead atoms. The monoisotopic (exact) mass is 154 g/mol. The van der Waals surface area contributed by atoms with Crippen LogP contribution < -0.4 is 0 Å². The third-order valence-corrected chi connectivity index (χ3v) is 0.612. The van der Waals surface area contributed by atoms with E-state index in [-0.39, 0.29) is 0 Å². The van der Waals surface area contributed by atoms with E-state index in [4.69, 9.17) is 0 Å². The van der Waals surface area contributed by atoms with E-state index in [2.05, 4.69) is 6.58 Å². The maximum absolute atomic E-state index is 11.7. The molecule has 0 aromatic heterocycles. The molecule has 0 aromatic carbocycles. The first-order chi connectivity index (χ1) is 4.39. The highest BCUT2D eigenvalue weighted by molar-refractivity contribution is 5.97. The Bertz CT molecular complexity index is 196. The Hall–Kier alpha value is -1.09. The third-order valence-electron chi connectivity index (χ3n) is 0.612. The number of alkyl halides is 3. The van der Waals surface area contributed by atoms with Gasteiger partial charge < -0.3 is 0 Å². The molecule has 56 valence electrons. The molecule has 0 rings (SSSR count). The van der Waals surface area contributed by atoms with Crippen LogP contribution in [0.25, 0.3) is 0 Å². The van der Waals surface area contributed by atoms with Crippen LogP contribution in [0.15, 0.2) is 18.1 Å². The molecule has 0 unspecified atom stereocenters. The number of Topliss-reactive ketones (excluding diaryl/α,β-unsaturated/α-hetero) is 1. The van der Waals surface area contributed by atoms with E-state index >= 15 is 0 Å². The van der Waals surface area contributed by atoms with Gasteiger partial charge in [-0.15, -0.1) is 0 Å². The summed E-state index contributed by atoms with van der Waals surface area (Å²) < 4.78 is 45.3. The van der Waals surface area contributed by atoms with E-state index in [0.717, 1.165) is 0 Å². The molecule has 0 aliphatic heterocycles.